The summed E-state index contributed by atoms with van der Waals surface area (Å²) in [6.45, 7) is 0. The van der Waals surface area contributed by atoms with Gasteiger partial charge in [-0.25, -0.2) is 0 Å². The van der Waals surface area contributed by atoms with Gasteiger partial charge >= 0.3 is 6.18 Å². The van der Waals surface area contributed by atoms with Crippen molar-refractivity contribution in [1.29, 1.82) is 0 Å². The van der Waals surface area contributed by atoms with E-state index >= 15 is 0 Å². The summed E-state index contributed by atoms with van der Waals surface area (Å²) in [5.41, 5.74) is 0.973. The van der Waals surface area contributed by atoms with Crippen LogP contribution in [0.15, 0.2) is 27.1 Å². The van der Waals surface area contributed by atoms with Crippen molar-refractivity contribution in [2.45, 2.75) is 31.5 Å². The molecule has 0 fully saturated rings. The normalized spacial score (nSPS) is 13.7. The summed E-state index contributed by atoms with van der Waals surface area (Å²) < 4.78 is 38.1. The van der Waals surface area contributed by atoms with Gasteiger partial charge in [-0.15, -0.1) is 0 Å². The Hall–Kier alpha value is -0.0700. The van der Waals surface area contributed by atoms with Crippen molar-refractivity contribution >= 4 is 31.9 Å². The van der Waals surface area contributed by atoms with Crippen LogP contribution in [0.4, 0.5) is 13.2 Å². The van der Waals surface area contributed by atoms with E-state index in [0.717, 1.165) is 14.5 Å². The van der Waals surface area contributed by atoms with Crippen LogP contribution in [0, 0.1) is 0 Å². The Morgan fingerprint density at radius 2 is 1.72 bits per heavy atom. The first-order chi connectivity index (χ1) is 8.31. The van der Waals surface area contributed by atoms with Gasteiger partial charge in [0.1, 0.15) is 0 Å². The zero-order chi connectivity index (χ0) is 13.8. The molecule has 0 amide bonds. The van der Waals surface area contributed by atoms with Gasteiger partial charge in [0.15, 0.2) is 0 Å². The number of rotatable bonds is 5. The van der Waals surface area contributed by atoms with Crippen molar-refractivity contribution in [1.82, 2.24) is 5.32 Å². The molecule has 1 unspecified atom stereocenters. The quantitative estimate of drug-likeness (QED) is 0.730. The second kappa shape index (κ2) is 6.91. The van der Waals surface area contributed by atoms with E-state index in [4.69, 9.17) is 0 Å². The first kappa shape index (κ1) is 16.0. The predicted molar refractivity (Wildman–Crippen MR) is 73.5 cm³/mol. The van der Waals surface area contributed by atoms with Crippen molar-refractivity contribution in [3.8, 4) is 0 Å². The molecule has 0 aliphatic rings. The summed E-state index contributed by atoms with van der Waals surface area (Å²) in [5, 5.41) is 3.05. The molecule has 18 heavy (non-hydrogen) atoms. The van der Waals surface area contributed by atoms with Crippen molar-refractivity contribution in [2.24, 2.45) is 0 Å². The summed E-state index contributed by atoms with van der Waals surface area (Å²) in [5.74, 6) is 0. The van der Waals surface area contributed by atoms with Crippen molar-refractivity contribution in [3.63, 3.8) is 0 Å². The van der Waals surface area contributed by atoms with E-state index in [-0.39, 0.29) is 12.5 Å². The average molecular weight is 389 g/mol. The first-order valence-corrected chi connectivity index (χ1v) is 7.10. The molecule has 1 aromatic carbocycles. The smallest absolute Gasteiger partial charge is 0.313 e. The lowest BCUT2D eigenvalue weighted by Crippen LogP contribution is -2.17. The molecule has 0 aliphatic heterocycles. The van der Waals surface area contributed by atoms with E-state index in [1.807, 2.05) is 18.2 Å². The molecule has 1 aromatic rings. The molecule has 1 rings (SSSR count). The highest BCUT2D eigenvalue weighted by atomic mass is 79.9. The number of hydrogen-bond acceptors (Lipinski definition) is 1. The van der Waals surface area contributed by atoms with Crippen molar-refractivity contribution in [2.75, 3.05) is 7.05 Å². The molecule has 1 nitrogen and oxygen atoms in total. The summed E-state index contributed by atoms with van der Waals surface area (Å²) in [4.78, 5) is 0. The van der Waals surface area contributed by atoms with E-state index < -0.39 is 12.6 Å². The SMILES string of the molecule is CNC(CCCC(F)(F)F)c1cc(Br)cc(Br)c1. The Morgan fingerprint density at radius 3 is 2.17 bits per heavy atom. The van der Waals surface area contributed by atoms with E-state index in [1.54, 1.807) is 7.05 Å². The predicted octanol–water partition coefficient (Wildman–Crippen LogP) is 5.20. The van der Waals surface area contributed by atoms with Crippen LogP contribution in [-0.2, 0) is 0 Å². The highest BCUT2D eigenvalue weighted by Crippen LogP contribution is 2.29. The summed E-state index contributed by atoms with van der Waals surface area (Å²) >= 11 is 6.75. The van der Waals surface area contributed by atoms with Gasteiger partial charge in [-0.2, -0.15) is 13.2 Å². The molecule has 0 aromatic heterocycles. The number of nitrogens with one attached hydrogen (secondary N) is 1. The minimum Gasteiger partial charge on any atom is -0.313 e. The van der Waals surface area contributed by atoms with Crippen LogP contribution in [0.5, 0.6) is 0 Å². The Balaban J connectivity index is 2.65. The molecule has 102 valence electrons. The third-order valence-electron chi connectivity index (χ3n) is 2.59. The highest BCUT2D eigenvalue weighted by molar-refractivity contribution is 9.11. The van der Waals surface area contributed by atoms with Crippen molar-refractivity contribution in [3.05, 3.63) is 32.7 Å². The van der Waals surface area contributed by atoms with E-state index in [9.17, 15) is 13.2 Å². The summed E-state index contributed by atoms with van der Waals surface area (Å²) in [6.07, 6.45) is -4.23. The zero-order valence-corrected chi connectivity index (χ0v) is 13.0. The van der Waals surface area contributed by atoms with E-state index in [2.05, 4.69) is 37.2 Å². The highest BCUT2D eigenvalue weighted by Gasteiger charge is 2.26. The molecule has 1 atom stereocenters. The number of halogens is 5. The van der Waals surface area contributed by atoms with E-state index in [0.29, 0.717) is 6.42 Å². The fourth-order valence-electron chi connectivity index (χ4n) is 1.76. The van der Waals surface area contributed by atoms with E-state index in [1.165, 1.54) is 0 Å². The minimum absolute atomic E-state index is 0.0684. The Kier molecular flexibility index (Phi) is 6.14. The van der Waals surface area contributed by atoms with Crippen LogP contribution in [-0.4, -0.2) is 13.2 Å². The lowest BCUT2D eigenvalue weighted by Gasteiger charge is -2.18. The maximum Gasteiger partial charge on any atom is 0.389 e. The van der Waals surface area contributed by atoms with Gasteiger partial charge in [0, 0.05) is 21.4 Å². The summed E-state index contributed by atoms with van der Waals surface area (Å²) in [6, 6.07) is 5.66. The van der Waals surface area contributed by atoms with Gasteiger partial charge in [-0.05, 0) is 43.7 Å². The van der Waals surface area contributed by atoms with Crippen molar-refractivity contribution < 1.29 is 13.2 Å². The van der Waals surface area contributed by atoms with Gasteiger partial charge in [0.25, 0.3) is 0 Å². The first-order valence-electron chi connectivity index (χ1n) is 5.52. The molecule has 0 heterocycles. The Morgan fingerprint density at radius 1 is 1.17 bits per heavy atom. The lowest BCUT2D eigenvalue weighted by atomic mass is 10.0. The Bertz CT molecular complexity index is 373. The largest absolute Gasteiger partial charge is 0.389 e. The number of benzene rings is 1. The average Bonchev–Trinajstić information content (AvgIpc) is 2.21. The van der Waals surface area contributed by atoms with Gasteiger partial charge in [-0.1, -0.05) is 31.9 Å². The standard InChI is InChI=1S/C12H14Br2F3N/c1-18-11(3-2-4-12(15,16)17)8-5-9(13)7-10(14)6-8/h5-7,11,18H,2-4H2,1H3. The van der Waals surface area contributed by atoms with Gasteiger partial charge in [0.05, 0.1) is 0 Å². The van der Waals surface area contributed by atoms with Crippen LogP contribution in [0.25, 0.3) is 0 Å². The topological polar surface area (TPSA) is 12.0 Å². The van der Waals surface area contributed by atoms with Crippen LogP contribution < -0.4 is 5.32 Å². The van der Waals surface area contributed by atoms with Gasteiger partial charge < -0.3 is 5.32 Å². The lowest BCUT2D eigenvalue weighted by molar-refractivity contribution is -0.135. The molecular weight excluding hydrogens is 375 g/mol. The van der Waals surface area contributed by atoms with Crippen LogP contribution >= 0.6 is 31.9 Å². The van der Waals surface area contributed by atoms with Gasteiger partial charge in [-0.3, -0.25) is 0 Å². The monoisotopic (exact) mass is 387 g/mol. The maximum absolute atomic E-state index is 12.1. The fourth-order valence-corrected chi connectivity index (χ4v) is 3.09. The maximum atomic E-state index is 12.1. The number of alkyl halides is 3. The minimum atomic E-state index is -4.07. The third-order valence-corrected chi connectivity index (χ3v) is 3.50. The fraction of sp³-hybridized carbons (Fsp3) is 0.500. The van der Waals surface area contributed by atoms with Crippen LogP contribution in [0.3, 0.4) is 0 Å². The second-order valence-corrected chi connectivity index (χ2v) is 5.88. The molecule has 0 spiro atoms. The molecule has 0 radical (unpaired) electrons. The number of hydrogen-bond donors (Lipinski definition) is 1. The molecule has 0 saturated heterocycles. The second-order valence-electron chi connectivity index (χ2n) is 4.05. The molecule has 1 N–H and O–H groups in total. The molecule has 0 bridgehead atoms. The summed E-state index contributed by atoms with van der Waals surface area (Å²) in [7, 11) is 1.76. The van der Waals surface area contributed by atoms with Crippen LogP contribution in [0.1, 0.15) is 30.9 Å². The molecule has 0 aliphatic carbocycles. The zero-order valence-electron chi connectivity index (χ0n) is 9.82. The van der Waals surface area contributed by atoms with Crippen LogP contribution in [0.2, 0.25) is 0 Å². The molecule has 0 saturated carbocycles. The molecular formula is C12H14Br2F3N. The Labute approximate surface area is 121 Å². The third kappa shape index (κ3) is 5.71. The molecule has 6 heteroatoms. The van der Waals surface area contributed by atoms with Gasteiger partial charge in [0.2, 0.25) is 0 Å².